The van der Waals surface area contributed by atoms with Crippen LogP contribution in [0.3, 0.4) is 0 Å². The summed E-state index contributed by atoms with van der Waals surface area (Å²) in [6.07, 6.45) is 0. The summed E-state index contributed by atoms with van der Waals surface area (Å²) in [6.45, 7) is 1.24. The number of methoxy groups -OCH3 is 1. The molecule has 0 aromatic heterocycles. The van der Waals surface area contributed by atoms with Crippen molar-refractivity contribution in [2.75, 3.05) is 38.8 Å². The van der Waals surface area contributed by atoms with E-state index in [1.54, 1.807) is 7.11 Å². The van der Waals surface area contributed by atoms with E-state index in [2.05, 4.69) is 5.32 Å². The predicted molar refractivity (Wildman–Crippen MR) is 80.5 cm³/mol. The molecule has 0 aliphatic carbocycles. The van der Waals surface area contributed by atoms with Gasteiger partial charge in [-0.1, -0.05) is 24.4 Å². The van der Waals surface area contributed by atoms with E-state index >= 15 is 0 Å². The van der Waals surface area contributed by atoms with E-state index in [4.69, 9.17) is 22.7 Å². The van der Waals surface area contributed by atoms with Crippen LogP contribution in [0.1, 0.15) is 5.56 Å². The first-order valence-corrected chi connectivity index (χ1v) is 6.32. The Hall–Kier alpha value is -1.66. The minimum absolute atomic E-state index is 0.0720. The fraction of sp³-hybridized carbons (Fsp3) is 0.385. The SMILES string of the molecule is COCCNC(=O)CN(C)c1ccccc1C(N)=S. The van der Waals surface area contributed by atoms with Crippen molar-refractivity contribution in [3.05, 3.63) is 29.8 Å². The molecule has 0 aliphatic rings. The van der Waals surface area contributed by atoms with E-state index in [-0.39, 0.29) is 12.5 Å². The van der Waals surface area contributed by atoms with Crippen molar-refractivity contribution >= 4 is 28.8 Å². The van der Waals surface area contributed by atoms with Crippen LogP contribution in [0.25, 0.3) is 0 Å². The number of likely N-dealkylation sites (N-methyl/N-ethyl adjacent to an activating group) is 1. The zero-order chi connectivity index (χ0) is 14.3. The topological polar surface area (TPSA) is 67.6 Å². The summed E-state index contributed by atoms with van der Waals surface area (Å²) < 4.78 is 4.87. The van der Waals surface area contributed by atoms with Gasteiger partial charge >= 0.3 is 0 Å². The molecule has 0 atom stereocenters. The average Bonchev–Trinajstić information content (AvgIpc) is 2.39. The molecule has 19 heavy (non-hydrogen) atoms. The first-order valence-electron chi connectivity index (χ1n) is 5.92. The number of nitrogens with two attached hydrogens (primary N) is 1. The smallest absolute Gasteiger partial charge is 0.239 e. The molecule has 0 heterocycles. The number of hydrogen-bond acceptors (Lipinski definition) is 4. The molecule has 0 radical (unpaired) electrons. The first kappa shape index (κ1) is 15.4. The summed E-state index contributed by atoms with van der Waals surface area (Å²) in [7, 11) is 3.42. The van der Waals surface area contributed by atoms with Crippen LogP contribution in [0.15, 0.2) is 24.3 Å². The third-order valence-electron chi connectivity index (χ3n) is 2.59. The molecule has 3 N–H and O–H groups in total. The fourth-order valence-electron chi connectivity index (χ4n) is 1.66. The van der Waals surface area contributed by atoms with Gasteiger partial charge in [0.2, 0.25) is 5.91 Å². The van der Waals surface area contributed by atoms with Crippen LogP contribution in [0.5, 0.6) is 0 Å². The van der Waals surface area contributed by atoms with E-state index in [9.17, 15) is 4.79 Å². The standard InChI is InChI=1S/C13H19N3O2S/c1-16(9-12(17)15-7-8-18-2)11-6-4-3-5-10(11)13(14)19/h3-6H,7-9H2,1-2H3,(H2,14,19)(H,15,17). The van der Waals surface area contributed by atoms with Gasteiger partial charge in [-0.3, -0.25) is 4.79 Å². The quantitative estimate of drug-likeness (QED) is 0.563. The Morgan fingerprint density at radius 3 is 2.79 bits per heavy atom. The summed E-state index contributed by atoms with van der Waals surface area (Å²) in [5, 5.41) is 2.76. The number of nitrogens with one attached hydrogen (secondary N) is 1. The number of thiocarbonyl (C=S) groups is 1. The molecule has 6 heteroatoms. The van der Waals surface area contributed by atoms with E-state index in [1.165, 1.54) is 0 Å². The van der Waals surface area contributed by atoms with Gasteiger partial charge < -0.3 is 20.7 Å². The van der Waals surface area contributed by atoms with E-state index in [0.717, 1.165) is 11.3 Å². The number of nitrogens with zero attached hydrogens (tertiary/aromatic N) is 1. The van der Waals surface area contributed by atoms with Crippen molar-refractivity contribution in [2.45, 2.75) is 0 Å². The number of para-hydroxylation sites is 1. The molecule has 0 unspecified atom stereocenters. The summed E-state index contributed by atoms with van der Waals surface area (Å²) in [5.41, 5.74) is 7.28. The molecule has 1 aromatic carbocycles. The van der Waals surface area contributed by atoms with Gasteiger partial charge in [0.25, 0.3) is 0 Å². The Bertz CT molecular complexity index is 451. The zero-order valence-corrected chi connectivity index (χ0v) is 12.0. The van der Waals surface area contributed by atoms with Gasteiger partial charge in [-0.15, -0.1) is 0 Å². The maximum atomic E-state index is 11.7. The highest BCUT2D eigenvalue weighted by Gasteiger charge is 2.11. The third kappa shape index (κ3) is 4.84. The van der Waals surface area contributed by atoms with Gasteiger partial charge in [-0.2, -0.15) is 0 Å². The van der Waals surface area contributed by atoms with Crippen molar-refractivity contribution < 1.29 is 9.53 Å². The number of ether oxygens (including phenoxy) is 1. The molecule has 0 fully saturated rings. The number of carbonyl (C=O) groups excluding carboxylic acids is 1. The molecular weight excluding hydrogens is 262 g/mol. The second-order valence-corrected chi connectivity index (χ2v) is 4.52. The molecule has 0 bridgehead atoms. The van der Waals surface area contributed by atoms with E-state index < -0.39 is 0 Å². The van der Waals surface area contributed by atoms with Gasteiger partial charge in [0, 0.05) is 32.0 Å². The van der Waals surface area contributed by atoms with Crippen molar-refractivity contribution in [1.29, 1.82) is 0 Å². The van der Waals surface area contributed by atoms with Gasteiger partial charge in [-0.05, 0) is 12.1 Å². The highest BCUT2D eigenvalue weighted by atomic mass is 32.1. The van der Waals surface area contributed by atoms with Crippen molar-refractivity contribution in [2.24, 2.45) is 5.73 Å². The van der Waals surface area contributed by atoms with E-state index in [1.807, 2.05) is 36.2 Å². The molecule has 0 spiro atoms. The lowest BCUT2D eigenvalue weighted by molar-refractivity contribution is -0.119. The van der Waals surface area contributed by atoms with Gasteiger partial charge in [-0.25, -0.2) is 0 Å². The summed E-state index contributed by atoms with van der Waals surface area (Å²) >= 11 is 5.00. The Labute approximate surface area is 118 Å². The maximum Gasteiger partial charge on any atom is 0.239 e. The molecule has 1 rings (SSSR count). The number of benzene rings is 1. The minimum atomic E-state index is -0.0720. The Balaban J connectivity index is 2.65. The highest BCUT2D eigenvalue weighted by Crippen LogP contribution is 2.18. The highest BCUT2D eigenvalue weighted by molar-refractivity contribution is 7.80. The molecule has 0 aliphatic heterocycles. The molecule has 104 valence electrons. The summed E-state index contributed by atoms with van der Waals surface area (Å²) in [6, 6.07) is 7.48. The third-order valence-corrected chi connectivity index (χ3v) is 2.81. The zero-order valence-electron chi connectivity index (χ0n) is 11.2. The van der Waals surface area contributed by atoms with Crippen LogP contribution in [-0.2, 0) is 9.53 Å². The van der Waals surface area contributed by atoms with Crippen LogP contribution in [0.4, 0.5) is 5.69 Å². The van der Waals surface area contributed by atoms with Crippen LogP contribution in [0.2, 0.25) is 0 Å². The Morgan fingerprint density at radius 2 is 2.16 bits per heavy atom. The maximum absolute atomic E-state index is 11.7. The molecule has 5 nitrogen and oxygen atoms in total. The van der Waals surface area contributed by atoms with Crippen molar-refractivity contribution in [3.8, 4) is 0 Å². The number of hydrogen-bond donors (Lipinski definition) is 2. The Kier molecular flexibility index (Phi) is 6.24. The van der Waals surface area contributed by atoms with Crippen molar-refractivity contribution in [1.82, 2.24) is 5.32 Å². The lowest BCUT2D eigenvalue weighted by Gasteiger charge is -2.21. The normalized spacial score (nSPS) is 10.0. The molecule has 1 amide bonds. The van der Waals surface area contributed by atoms with Gasteiger partial charge in [0.05, 0.1) is 13.2 Å². The molecule has 0 saturated heterocycles. The summed E-state index contributed by atoms with van der Waals surface area (Å²) in [4.78, 5) is 13.8. The van der Waals surface area contributed by atoms with Gasteiger partial charge in [0.15, 0.2) is 0 Å². The monoisotopic (exact) mass is 281 g/mol. The van der Waals surface area contributed by atoms with Crippen LogP contribution in [-0.4, -0.2) is 44.7 Å². The Morgan fingerprint density at radius 1 is 1.47 bits per heavy atom. The predicted octanol–water partition coefficient (Wildman–Crippen LogP) is 0.520. The second-order valence-electron chi connectivity index (χ2n) is 4.08. The van der Waals surface area contributed by atoms with Crippen molar-refractivity contribution in [3.63, 3.8) is 0 Å². The number of anilines is 1. The number of carbonyl (C=O) groups is 1. The molecule has 0 saturated carbocycles. The minimum Gasteiger partial charge on any atom is -0.389 e. The number of rotatable bonds is 7. The van der Waals surface area contributed by atoms with Crippen LogP contribution >= 0.6 is 12.2 Å². The lowest BCUT2D eigenvalue weighted by atomic mass is 10.1. The van der Waals surface area contributed by atoms with E-state index in [0.29, 0.717) is 18.1 Å². The molecular formula is C13H19N3O2S. The largest absolute Gasteiger partial charge is 0.389 e. The van der Waals surface area contributed by atoms with Crippen LogP contribution < -0.4 is 16.0 Å². The average molecular weight is 281 g/mol. The van der Waals surface area contributed by atoms with Gasteiger partial charge in [0.1, 0.15) is 4.99 Å². The summed E-state index contributed by atoms with van der Waals surface area (Å²) in [5.74, 6) is -0.0720. The lowest BCUT2D eigenvalue weighted by Crippen LogP contribution is -2.37. The first-order chi connectivity index (χ1) is 9.06. The molecule has 1 aromatic rings. The number of amides is 1. The second kappa shape index (κ2) is 7.70. The fourth-order valence-corrected chi connectivity index (χ4v) is 1.84. The van der Waals surface area contributed by atoms with Crippen LogP contribution in [0, 0.1) is 0 Å².